The predicted octanol–water partition coefficient (Wildman–Crippen LogP) is 0.00770. The van der Waals surface area contributed by atoms with Crippen molar-refractivity contribution >= 4 is 18.0 Å². The number of carboxylic acid groups (broad SMARTS) is 1. The second-order valence-corrected chi connectivity index (χ2v) is 3.14. The van der Waals surface area contributed by atoms with E-state index >= 15 is 0 Å². The molecule has 1 rings (SSSR count). The molecule has 0 aromatic rings. The van der Waals surface area contributed by atoms with Gasteiger partial charge in [0.2, 0.25) is 0 Å². The van der Waals surface area contributed by atoms with Crippen molar-refractivity contribution < 1.29 is 14.5 Å². The van der Waals surface area contributed by atoms with Gasteiger partial charge in [-0.15, -0.1) is 0 Å². The molecule has 0 saturated carbocycles. The van der Waals surface area contributed by atoms with E-state index < -0.39 is 12.0 Å². The topological polar surface area (TPSA) is 69.6 Å². The van der Waals surface area contributed by atoms with Crippen LogP contribution in [-0.2, 0) is 4.79 Å². The van der Waals surface area contributed by atoms with Gasteiger partial charge < -0.3 is 15.0 Å². The molecule has 0 aliphatic carbocycles. The molecule has 0 radical (unpaired) electrons. The first-order valence-electron chi connectivity index (χ1n) is 3.00. The molecule has 2 atom stereocenters. The first kappa shape index (κ1) is 7.84. The second kappa shape index (κ2) is 3.23. The summed E-state index contributed by atoms with van der Waals surface area (Å²) >= 11 is 0.728. The van der Waals surface area contributed by atoms with Crippen LogP contribution in [-0.4, -0.2) is 33.5 Å². The summed E-state index contributed by atoms with van der Waals surface area (Å²) in [7, 11) is 0. The van der Waals surface area contributed by atoms with E-state index in [0.717, 1.165) is 12.0 Å². The lowest BCUT2D eigenvalue weighted by molar-refractivity contribution is -0.139. The van der Waals surface area contributed by atoms with Gasteiger partial charge in [-0.05, 0) is 18.5 Å². The van der Waals surface area contributed by atoms with E-state index in [1.165, 1.54) is 0 Å². The highest BCUT2D eigenvalue weighted by Crippen LogP contribution is 2.17. The Bertz CT molecular complexity index is 141. The Kier molecular flexibility index (Phi) is 2.53. The van der Waals surface area contributed by atoms with Crippen molar-refractivity contribution in [3.05, 3.63) is 0 Å². The summed E-state index contributed by atoms with van der Waals surface area (Å²) in [5.74, 6) is -0.837. The summed E-state index contributed by atoms with van der Waals surface area (Å²) in [4.78, 5) is 10.3. The van der Waals surface area contributed by atoms with Crippen molar-refractivity contribution in [2.75, 3.05) is 6.54 Å². The predicted molar refractivity (Wildman–Crippen MR) is 38.1 cm³/mol. The maximum atomic E-state index is 10.3. The summed E-state index contributed by atoms with van der Waals surface area (Å²) in [6.45, 7) is 0.581. The molecule has 10 heavy (non-hydrogen) atoms. The zero-order valence-corrected chi connectivity index (χ0v) is 6.10. The zero-order valence-electron chi connectivity index (χ0n) is 5.28. The van der Waals surface area contributed by atoms with E-state index in [0.29, 0.717) is 13.0 Å². The molecule has 0 aromatic heterocycles. The summed E-state index contributed by atoms with van der Waals surface area (Å²) in [6, 6.07) is -0.468. The summed E-state index contributed by atoms with van der Waals surface area (Å²) in [6.07, 6.45) is 0.510. The zero-order chi connectivity index (χ0) is 7.56. The fourth-order valence-corrected chi connectivity index (χ4v) is 1.42. The molecule has 0 amide bonds. The molecule has 0 spiro atoms. The SMILES string of the molecule is O=C(O)C1CC(SO)CN1. The molecule has 2 unspecified atom stereocenters. The van der Waals surface area contributed by atoms with Gasteiger partial charge in [0.05, 0.1) is 0 Å². The number of carbonyl (C=O) groups is 1. The summed E-state index contributed by atoms with van der Waals surface area (Å²) < 4.78 is 8.55. The molecule has 1 aliphatic rings. The van der Waals surface area contributed by atoms with Gasteiger partial charge >= 0.3 is 5.97 Å². The highest BCUT2D eigenvalue weighted by Gasteiger charge is 2.28. The van der Waals surface area contributed by atoms with Crippen molar-refractivity contribution in [3.63, 3.8) is 0 Å². The first-order chi connectivity index (χ1) is 4.74. The Morgan fingerprint density at radius 3 is 2.70 bits per heavy atom. The monoisotopic (exact) mass is 163 g/mol. The molecule has 4 nitrogen and oxygen atoms in total. The van der Waals surface area contributed by atoms with Gasteiger partial charge in [-0.1, -0.05) is 0 Å². The van der Waals surface area contributed by atoms with Crippen LogP contribution in [0.5, 0.6) is 0 Å². The largest absolute Gasteiger partial charge is 0.480 e. The van der Waals surface area contributed by atoms with Gasteiger partial charge in [0.1, 0.15) is 6.04 Å². The fourth-order valence-electron chi connectivity index (χ4n) is 0.972. The van der Waals surface area contributed by atoms with Crippen molar-refractivity contribution in [3.8, 4) is 0 Å². The molecule has 1 fully saturated rings. The molecular weight excluding hydrogens is 154 g/mol. The van der Waals surface area contributed by atoms with E-state index in [1.54, 1.807) is 0 Å². The second-order valence-electron chi connectivity index (χ2n) is 2.26. The Morgan fingerprint density at radius 2 is 2.40 bits per heavy atom. The highest BCUT2D eigenvalue weighted by molar-refractivity contribution is 7.94. The number of hydrogen-bond donors (Lipinski definition) is 3. The van der Waals surface area contributed by atoms with Gasteiger partial charge in [-0.25, -0.2) is 0 Å². The smallest absolute Gasteiger partial charge is 0.320 e. The Hall–Kier alpha value is -0.260. The lowest BCUT2D eigenvalue weighted by Crippen LogP contribution is -2.29. The minimum atomic E-state index is -0.837. The van der Waals surface area contributed by atoms with E-state index in [4.69, 9.17) is 9.66 Å². The van der Waals surface area contributed by atoms with Crippen LogP contribution in [0.2, 0.25) is 0 Å². The molecule has 3 N–H and O–H groups in total. The Balaban J connectivity index is 2.35. The van der Waals surface area contributed by atoms with Crippen LogP contribution in [0, 0.1) is 0 Å². The van der Waals surface area contributed by atoms with Crippen LogP contribution in [0.25, 0.3) is 0 Å². The molecule has 58 valence electrons. The highest BCUT2D eigenvalue weighted by atomic mass is 32.2. The van der Waals surface area contributed by atoms with Crippen LogP contribution < -0.4 is 5.32 Å². The van der Waals surface area contributed by atoms with Crippen LogP contribution in [0.1, 0.15) is 6.42 Å². The van der Waals surface area contributed by atoms with Gasteiger partial charge in [0.25, 0.3) is 0 Å². The quantitative estimate of drug-likeness (QED) is 0.500. The maximum Gasteiger partial charge on any atom is 0.320 e. The van der Waals surface area contributed by atoms with Gasteiger partial charge in [0, 0.05) is 11.8 Å². The number of aliphatic carboxylic acids is 1. The molecular formula is C5H9NO3S. The summed E-state index contributed by atoms with van der Waals surface area (Å²) in [5.41, 5.74) is 0. The first-order valence-corrected chi connectivity index (χ1v) is 3.84. The van der Waals surface area contributed by atoms with E-state index in [9.17, 15) is 4.79 Å². The molecule has 1 heterocycles. The number of hydrogen-bond acceptors (Lipinski definition) is 4. The lowest BCUT2D eigenvalue weighted by atomic mass is 10.2. The van der Waals surface area contributed by atoms with Crippen molar-refractivity contribution in [1.82, 2.24) is 5.32 Å². The third kappa shape index (κ3) is 1.62. The van der Waals surface area contributed by atoms with Crippen LogP contribution in [0.3, 0.4) is 0 Å². The average Bonchev–Trinajstić information content (AvgIpc) is 2.34. The third-order valence-corrected chi connectivity index (χ3v) is 2.19. The van der Waals surface area contributed by atoms with Crippen LogP contribution in [0.15, 0.2) is 0 Å². The fraction of sp³-hybridized carbons (Fsp3) is 0.800. The van der Waals surface area contributed by atoms with Crippen molar-refractivity contribution in [2.45, 2.75) is 17.7 Å². The normalized spacial score (nSPS) is 32.5. The Morgan fingerprint density at radius 1 is 1.70 bits per heavy atom. The standard InChI is InChI=1S/C5H9NO3S/c7-5(8)4-1-3(10-9)2-6-4/h3-4,6,9H,1-2H2,(H,7,8). The third-order valence-electron chi connectivity index (χ3n) is 1.54. The Labute approximate surface area is 62.8 Å². The maximum absolute atomic E-state index is 10.3. The molecule has 5 heteroatoms. The van der Waals surface area contributed by atoms with Crippen LogP contribution >= 0.6 is 12.0 Å². The minimum Gasteiger partial charge on any atom is -0.480 e. The van der Waals surface area contributed by atoms with Crippen molar-refractivity contribution in [2.24, 2.45) is 0 Å². The number of carboxylic acids is 1. The van der Waals surface area contributed by atoms with Gasteiger partial charge in [-0.2, -0.15) is 0 Å². The molecule has 0 aromatic carbocycles. The van der Waals surface area contributed by atoms with Crippen LogP contribution in [0.4, 0.5) is 0 Å². The molecule has 1 saturated heterocycles. The van der Waals surface area contributed by atoms with Gasteiger partial charge in [0.15, 0.2) is 0 Å². The molecule has 1 aliphatic heterocycles. The number of rotatable bonds is 2. The lowest BCUT2D eigenvalue weighted by Gasteiger charge is -2.00. The number of nitrogens with one attached hydrogen (secondary N) is 1. The van der Waals surface area contributed by atoms with Gasteiger partial charge in [-0.3, -0.25) is 4.79 Å². The molecule has 0 bridgehead atoms. The van der Waals surface area contributed by atoms with Crippen molar-refractivity contribution in [1.29, 1.82) is 0 Å². The minimum absolute atomic E-state index is 0.0427. The van der Waals surface area contributed by atoms with E-state index in [1.807, 2.05) is 0 Å². The van der Waals surface area contributed by atoms with E-state index in [2.05, 4.69) is 5.32 Å². The average molecular weight is 163 g/mol. The summed E-state index contributed by atoms with van der Waals surface area (Å²) in [5, 5.41) is 11.3. The van der Waals surface area contributed by atoms with E-state index in [-0.39, 0.29) is 5.25 Å².